The van der Waals surface area contributed by atoms with Crippen LogP contribution in [-0.4, -0.2) is 49.9 Å². The summed E-state index contributed by atoms with van der Waals surface area (Å²) in [4.78, 5) is 19.5. The van der Waals surface area contributed by atoms with Gasteiger partial charge >= 0.3 is 0 Å². The fraction of sp³-hybridized carbons (Fsp3) is 0.611. The third-order valence-corrected chi connectivity index (χ3v) is 4.92. The Labute approximate surface area is 142 Å². The van der Waals surface area contributed by atoms with Crippen LogP contribution in [0.25, 0.3) is 11.0 Å². The van der Waals surface area contributed by atoms with Crippen molar-refractivity contribution < 1.29 is 9.90 Å². The van der Waals surface area contributed by atoms with Gasteiger partial charge in [0.25, 0.3) is 5.91 Å². The number of hydrogen-bond acceptors (Lipinski definition) is 4. The first-order valence-electron chi connectivity index (χ1n) is 8.70. The van der Waals surface area contributed by atoms with Gasteiger partial charge in [0.05, 0.1) is 23.3 Å². The number of likely N-dealkylation sites (tertiary alicyclic amines) is 1. The van der Waals surface area contributed by atoms with Gasteiger partial charge in [-0.3, -0.25) is 4.79 Å². The molecule has 1 fully saturated rings. The number of nitrogens with zero attached hydrogens (tertiary/aromatic N) is 4. The van der Waals surface area contributed by atoms with E-state index >= 15 is 0 Å². The van der Waals surface area contributed by atoms with Gasteiger partial charge in [-0.25, -0.2) is 9.67 Å². The van der Waals surface area contributed by atoms with E-state index in [0.29, 0.717) is 18.7 Å². The Morgan fingerprint density at radius 2 is 1.96 bits per heavy atom. The molecule has 1 unspecified atom stereocenters. The minimum Gasteiger partial charge on any atom is -0.393 e. The first kappa shape index (κ1) is 16.9. The summed E-state index contributed by atoms with van der Waals surface area (Å²) in [6.45, 7) is 9.23. The molecule has 24 heavy (non-hydrogen) atoms. The molecule has 130 valence electrons. The zero-order valence-corrected chi connectivity index (χ0v) is 14.9. The molecule has 2 aromatic rings. The zero-order valence-electron chi connectivity index (χ0n) is 14.9. The maximum atomic E-state index is 13.0. The van der Waals surface area contributed by atoms with E-state index in [1.54, 1.807) is 6.20 Å². The van der Waals surface area contributed by atoms with Crippen molar-refractivity contribution in [2.45, 2.75) is 52.7 Å². The van der Waals surface area contributed by atoms with Crippen LogP contribution in [0.1, 0.15) is 55.7 Å². The summed E-state index contributed by atoms with van der Waals surface area (Å²) in [6, 6.07) is 2.05. The zero-order chi connectivity index (χ0) is 17.4. The molecular weight excluding hydrogens is 304 g/mol. The summed E-state index contributed by atoms with van der Waals surface area (Å²) < 4.78 is 1.86. The number of aromatic nitrogens is 3. The Morgan fingerprint density at radius 3 is 2.54 bits per heavy atom. The largest absolute Gasteiger partial charge is 0.393 e. The number of piperidine rings is 1. The van der Waals surface area contributed by atoms with Crippen LogP contribution in [0, 0.1) is 12.8 Å². The molecule has 1 N–H and O–H groups in total. The Kier molecular flexibility index (Phi) is 4.58. The van der Waals surface area contributed by atoms with Gasteiger partial charge in [-0.1, -0.05) is 0 Å². The van der Waals surface area contributed by atoms with Crippen LogP contribution >= 0.6 is 0 Å². The van der Waals surface area contributed by atoms with Gasteiger partial charge in [-0.05, 0) is 52.5 Å². The maximum absolute atomic E-state index is 13.0. The lowest BCUT2D eigenvalue weighted by atomic mass is 9.92. The molecule has 3 heterocycles. The first-order chi connectivity index (χ1) is 11.4. The average Bonchev–Trinajstić information content (AvgIpc) is 2.97. The Morgan fingerprint density at radius 1 is 1.29 bits per heavy atom. The molecule has 1 aliphatic heterocycles. The number of fused-ring (bicyclic) bond motifs is 1. The summed E-state index contributed by atoms with van der Waals surface area (Å²) in [6.07, 6.45) is 3.14. The van der Waals surface area contributed by atoms with Crippen molar-refractivity contribution >= 4 is 16.9 Å². The number of carbonyl (C=O) groups is 1. The standard InChI is InChI=1S/C18H26N4O2/c1-11(2)22-17-16(10-19-22)15(9-12(3)20-17)18(24)21-7-5-14(6-8-21)13(4)23/h9-11,13-14,23H,5-8H2,1-4H3. The number of aliphatic hydroxyl groups is 1. The topological polar surface area (TPSA) is 71.2 Å². The van der Waals surface area contributed by atoms with E-state index in [9.17, 15) is 9.90 Å². The van der Waals surface area contributed by atoms with Crippen LogP contribution in [0.3, 0.4) is 0 Å². The highest BCUT2D eigenvalue weighted by molar-refractivity contribution is 6.05. The number of hydrogen-bond donors (Lipinski definition) is 1. The van der Waals surface area contributed by atoms with Crippen LogP contribution in [0.5, 0.6) is 0 Å². The summed E-state index contributed by atoms with van der Waals surface area (Å²) in [5.74, 6) is 0.329. The molecule has 0 spiro atoms. The van der Waals surface area contributed by atoms with Crippen LogP contribution in [0.4, 0.5) is 0 Å². The quantitative estimate of drug-likeness (QED) is 0.939. The molecule has 1 aliphatic rings. The van der Waals surface area contributed by atoms with Gasteiger partial charge in [0, 0.05) is 24.8 Å². The van der Waals surface area contributed by atoms with Crippen molar-refractivity contribution in [3.05, 3.63) is 23.5 Å². The molecule has 2 aromatic heterocycles. The summed E-state index contributed by atoms with van der Waals surface area (Å²) in [7, 11) is 0. The normalized spacial score (nSPS) is 17.7. The van der Waals surface area contributed by atoms with E-state index in [1.807, 2.05) is 29.5 Å². The van der Waals surface area contributed by atoms with Crippen molar-refractivity contribution in [3.63, 3.8) is 0 Å². The SMILES string of the molecule is Cc1cc(C(=O)N2CCC(C(C)O)CC2)c2cnn(C(C)C)c2n1. The van der Waals surface area contributed by atoms with Gasteiger partial charge in [0.15, 0.2) is 5.65 Å². The van der Waals surface area contributed by atoms with Crippen molar-refractivity contribution in [1.82, 2.24) is 19.7 Å². The third-order valence-electron chi connectivity index (χ3n) is 4.92. The molecule has 0 aromatic carbocycles. The van der Waals surface area contributed by atoms with E-state index in [-0.39, 0.29) is 24.0 Å². The van der Waals surface area contributed by atoms with E-state index in [1.165, 1.54) is 0 Å². The summed E-state index contributed by atoms with van der Waals surface area (Å²) >= 11 is 0. The number of pyridine rings is 1. The average molecular weight is 330 g/mol. The second-order valence-corrected chi connectivity index (χ2v) is 7.10. The van der Waals surface area contributed by atoms with E-state index in [0.717, 1.165) is 29.6 Å². The van der Waals surface area contributed by atoms with E-state index in [2.05, 4.69) is 23.9 Å². The van der Waals surface area contributed by atoms with E-state index < -0.39 is 0 Å². The highest BCUT2D eigenvalue weighted by atomic mass is 16.3. The van der Waals surface area contributed by atoms with Gasteiger partial charge in [-0.15, -0.1) is 0 Å². The number of aliphatic hydroxyl groups excluding tert-OH is 1. The van der Waals surface area contributed by atoms with Crippen LogP contribution in [-0.2, 0) is 0 Å². The molecule has 1 amide bonds. The van der Waals surface area contributed by atoms with Crippen molar-refractivity contribution in [3.8, 4) is 0 Å². The van der Waals surface area contributed by atoms with E-state index in [4.69, 9.17) is 0 Å². The maximum Gasteiger partial charge on any atom is 0.254 e. The lowest BCUT2D eigenvalue weighted by Gasteiger charge is -2.33. The monoisotopic (exact) mass is 330 g/mol. The highest BCUT2D eigenvalue weighted by Gasteiger charge is 2.27. The van der Waals surface area contributed by atoms with Crippen LogP contribution in [0.15, 0.2) is 12.3 Å². The predicted octanol–water partition coefficient (Wildman–Crippen LogP) is 2.55. The van der Waals surface area contributed by atoms with Crippen molar-refractivity contribution in [2.24, 2.45) is 5.92 Å². The van der Waals surface area contributed by atoms with Crippen LogP contribution in [0.2, 0.25) is 0 Å². The second kappa shape index (κ2) is 6.51. The molecule has 3 rings (SSSR count). The van der Waals surface area contributed by atoms with Gasteiger partial charge < -0.3 is 10.0 Å². The Hall–Kier alpha value is -1.95. The molecule has 1 saturated heterocycles. The van der Waals surface area contributed by atoms with Crippen molar-refractivity contribution in [1.29, 1.82) is 0 Å². The molecule has 0 aliphatic carbocycles. The van der Waals surface area contributed by atoms with Crippen LogP contribution < -0.4 is 0 Å². The number of aryl methyl sites for hydroxylation is 1. The lowest BCUT2D eigenvalue weighted by Crippen LogP contribution is -2.40. The van der Waals surface area contributed by atoms with Gasteiger partial charge in [0.2, 0.25) is 0 Å². The number of rotatable bonds is 3. The Balaban J connectivity index is 1.91. The molecule has 0 bridgehead atoms. The molecule has 6 nitrogen and oxygen atoms in total. The fourth-order valence-electron chi connectivity index (χ4n) is 3.45. The minimum atomic E-state index is -0.304. The first-order valence-corrected chi connectivity index (χ1v) is 8.70. The molecule has 1 atom stereocenters. The molecule has 0 saturated carbocycles. The number of amides is 1. The summed E-state index contributed by atoms with van der Waals surface area (Å²) in [5.41, 5.74) is 2.28. The Bertz CT molecular complexity index is 743. The lowest BCUT2D eigenvalue weighted by molar-refractivity contribution is 0.0523. The summed E-state index contributed by atoms with van der Waals surface area (Å²) in [5, 5.41) is 15.0. The predicted molar refractivity (Wildman–Crippen MR) is 93.0 cm³/mol. The number of carbonyl (C=O) groups excluding carboxylic acids is 1. The molecule has 0 radical (unpaired) electrons. The minimum absolute atomic E-state index is 0.0397. The fourth-order valence-corrected chi connectivity index (χ4v) is 3.45. The van der Waals surface area contributed by atoms with Crippen molar-refractivity contribution in [2.75, 3.05) is 13.1 Å². The highest BCUT2D eigenvalue weighted by Crippen LogP contribution is 2.25. The smallest absolute Gasteiger partial charge is 0.254 e. The van der Waals surface area contributed by atoms with Gasteiger partial charge in [-0.2, -0.15) is 5.10 Å². The molecule has 6 heteroatoms. The third kappa shape index (κ3) is 3.02. The van der Waals surface area contributed by atoms with Gasteiger partial charge in [0.1, 0.15) is 0 Å². The molecular formula is C18H26N4O2. The second-order valence-electron chi connectivity index (χ2n) is 7.10.